The fraction of sp³-hybridized carbons (Fsp3) is 0.143. The van der Waals surface area contributed by atoms with E-state index in [-0.39, 0.29) is 17.2 Å². The molecule has 2 aromatic carbocycles. The summed E-state index contributed by atoms with van der Waals surface area (Å²) in [4.78, 5) is 0.0230. The van der Waals surface area contributed by atoms with Crippen molar-refractivity contribution >= 4 is 10.0 Å². The zero-order chi connectivity index (χ0) is 14.6. The lowest BCUT2D eigenvalue weighted by Gasteiger charge is -2.07. The fourth-order valence-corrected chi connectivity index (χ4v) is 2.77. The highest BCUT2D eigenvalue weighted by Crippen LogP contribution is 2.12. The van der Waals surface area contributed by atoms with Crippen LogP contribution in [0, 0.1) is 5.82 Å². The van der Waals surface area contributed by atoms with E-state index in [0.717, 1.165) is 17.7 Å². The van der Waals surface area contributed by atoms with E-state index in [1.165, 1.54) is 12.1 Å². The third-order valence-electron chi connectivity index (χ3n) is 2.74. The predicted octanol–water partition coefficient (Wildman–Crippen LogP) is 2.05. The van der Waals surface area contributed by atoms with Crippen LogP contribution in [0.4, 0.5) is 4.39 Å². The second-order valence-electron chi connectivity index (χ2n) is 4.27. The highest BCUT2D eigenvalue weighted by molar-refractivity contribution is 7.89. The van der Waals surface area contributed by atoms with Crippen LogP contribution < -0.4 is 4.72 Å². The molecule has 2 aromatic rings. The van der Waals surface area contributed by atoms with Crippen LogP contribution in [-0.4, -0.2) is 20.1 Å². The first-order valence-corrected chi connectivity index (χ1v) is 7.49. The molecule has 0 aliphatic carbocycles. The summed E-state index contributed by atoms with van der Waals surface area (Å²) in [5, 5.41) is 9.30. The first kappa shape index (κ1) is 14.5. The monoisotopic (exact) mass is 295 g/mol. The van der Waals surface area contributed by atoms with E-state index in [0.29, 0.717) is 6.42 Å². The van der Waals surface area contributed by atoms with Gasteiger partial charge in [-0.1, -0.05) is 12.1 Å². The lowest BCUT2D eigenvalue weighted by molar-refractivity contribution is 0.474. The molecule has 4 nitrogen and oxygen atoms in total. The van der Waals surface area contributed by atoms with Crippen LogP contribution in [0.2, 0.25) is 0 Å². The molecule has 0 fully saturated rings. The molecule has 0 saturated heterocycles. The highest BCUT2D eigenvalue weighted by atomic mass is 32.2. The zero-order valence-electron chi connectivity index (χ0n) is 10.6. The molecular formula is C14H14FNO3S. The number of rotatable bonds is 5. The molecule has 0 aliphatic heterocycles. The van der Waals surface area contributed by atoms with Crippen LogP contribution >= 0.6 is 0 Å². The fourth-order valence-electron chi connectivity index (χ4n) is 1.74. The second-order valence-corrected chi connectivity index (χ2v) is 6.04. The molecule has 106 valence electrons. The number of benzene rings is 2. The molecule has 0 spiro atoms. The Balaban J connectivity index is 1.98. The molecule has 0 bridgehead atoms. The smallest absolute Gasteiger partial charge is 0.240 e. The van der Waals surface area contributed by atoms with Crippen molar-refractivity contribution in [2.45, 2.75) is 11.3 Å². The number of halogens is 1. The summed E-state index contributed by atoms with van der Waals surface area (Å²) in [6, 6.07) is 11.2. The Morgan fingerprint density at radius 3 is 2.45 bits per heavy atom. The standard InChI is InChI=1S/C14H14FNO3S/c15-12-4-6-14(7-5-12)20(18,19)16-9-8-11-2-1-3-13(17)10-11/h1-7,10,16-17H,8-9H2. The summed E-state index contributed by atoms with van der Waals surface area (Å²) in [6.45, 7) is 0.198. The highest BCUT2D eigenvalue weighted by Gasteiger charge is 2.13. The van der Waals surface area contributed by atoms with E-state index in [4.69, 9.17) is 0 Å². The zero-order valence-corrected chi connectivity index (χ0v) is 11.4. The van der Waals surface area contributed by atoms with Crippen molar-refractivity contribution < 1.29 is 17.9 Å². The summed E-state index contributed by atoms with van der Waals surface area (Å²) in [6.07, 6.45) is 0.453. The van der Waals surface area contributed by atoms with Crippen molar-refractivity contribution in [3.63, 3.8) is 0 Å². The molecule has 2 N–H and O–H groups in total. The number of nitrogens with one attached hydrogen (secondary N) is 1. The van der Waals surface area contributed by atoms with E-state index < -0.39 is 15.8 Å². The van der Waals surface area contributed by atoms with E-state index in [9.17, 15) is 17.9 Å². The van der Waals surface area contributed by atoms with Crippen molar-refractivity contribution in [2.75, 3.05) is 6.54 Å². The van der Waals surface area contributed by atoms with Crippen LogP contribution in [-0.2, 0) is 16.4 Å². The van der Waals surface area contributed by atoms with Gasteiger partial charge < -0.3 is 5.11 Å². The van der Waals surface area contributed by atoms with Gasteiger partial charge in [-0.05, 0) is 48.4 Å². The van der Waals surface area contributed by atoms with Gasteiger partial charge in [0.15, 0.2) is 0 Å². The number of phenols is 1. The summed E-state index contributed by atoms with van der Waals surface area (Å²) < 4.78 is 39.0. The Bertz CT molecular complexity index is 684. The molecule has 6 heteroatoms. The third-order valence-corrected chi connectivity index (χ3v) is 4.22. The van der Waals surface area contributed by atoms with Gasteiger partial charge in [-0.3, -0.25) is 0 Å². The lowest BCUT2D eigenvalue weighted by atomic mass is 10.1. The molecule has 0 saturated carbocycles. The maximum atomic E-state index is 12.7. The minimum Gasteiger partial charge on any atom is -0.508 e. The van der Waals surface area contributed by atoms with Gasteiger partial charge in [0.1, 0.15) is 11.6 Å². The van der Waals surface area contributed by atoms with Crippen LogP contribution in [0.25, 0.3) is 0 Å². The SMILES string of the molecule is O=S(=O)(NCCc1cccc(O)c1)c1ccc(F)cc1. The number of phenolic OH excluding ortho intramolecular Hbond substituents is 1. The minimum absolute atomic E-state index is 0.0230. The van der Waals surface area contributed by atoms with Gasteiger partial charge >= 0.3 is 0 Å². The van der Waals surface area contributed by atoms with Crippen molar-refractivity contribution in [3.8, 4) is 5.75 Å². The normalized spacial score (nSPS) is 11.4. The number of sulfonamides is 1. The average Bonchev–Trinajstić information content (AvgIpc) is 2.39. The maximum Gasteiger partial charge on any atom is 0.240 e. The molecule has 0 amide bonds. The van der Waals surface area contributed by atoms with Crippen molar-refractivity contribution in [3.05, 3.63) is 59.9 Å². The van der Waals surface area contributed by atoms with Crippen molar-refractivity contribution in [1.29, 1.82) is 0 Å². The maximum absolute atomic E-state index is 12.7. The van der Waals surface area contributed by atoms with Gasteiger partial charge in [-0.2, -0.15) is 0 Å². The first-order valence-electron chi connectivity index (χ1n) is 6.00. The number of hydrogen-bond acceptors (Lipinski definition) is 3. The Morgan fingerprint density at radius 2 is 1.80 bits per heavy atom. The average molecular weight is 295 g/mol. The van der Waals surface area contributed by atoms with Crippen molar-refractivity contribution in [1.82, 2.24) is 4.72 Å². The van der Waals surface area contributed by atoms with Crippen LogP contribution in [0.1, 0.15) is 5.56 Å². The van der Waals surface area contributed by atoms with Crippen molar-refractivity contribution in [2.24, 2.45) is 0 Å². The van der Waals surface area contributed by atoms with E-state index in [2.05, 4.69) is 4.72 Å². The quantitative estimate of drug-likeness (QED) is 0.887. The van der Waals surface area contributed by atoms with Gasteiger partial charge in [-0.25, -0.2) is 17.5 Å². The molecule has 20 heavy (non-hydrogen) atoms. The number of hydrogen-bond donors (Lipinski definition) is 2. The summed E-state index contributed by atoms with van der Waals surface area (Å²) in [5.41, 5.74) is 0.826. The number of aromatic hydroxyl groups is 1. The first-order chi connectivity index (χ1) is 9.47. The Morgan fingerprint density at radius 1 is 1.10 bits per heavy atom. The van der Waals surface area contributed by atoms with E-state index in [1.807, 2.05) is 0 Å². The summed E-state index contributed by atoms with van der Waals surface area (Å²) in [7, 11) is -3.64. The summed E-state index contributed by atoms with van der Waals surface area (Å²) >= 11 is 0. The Hall–Kier alpha value is -1.92. The predicted molar refractivity (Wildman–Crippen MR) is 73.4 cm³/mol. The van der Waals surface area contributed by atoms with Gasteiger partial charge in [0.25, 0.3) is 0 Å². The molecule has 0 atom stereocenters. The van der Waals surface area contributed by atoms with Crippen LogP contribution in [0.15, 0.2) is 53.4 Å². The van der Waals surface area contributed by atoms with Gasteiger partial charge in [0, 0.05) is 6.54 Å². The minimum atomic E-state index is -3.64. The summed E-state index contributed by atoms with van der Waals surface area (Å²) in [5.74, 6) is -0.340. The molecule has 0 aromatic heterocycles. The Labute approximate surface area is 116 Å². The van der Waals surface area contributed by atoms with Gasteiger partial charge in [0.05, 0.1) is 4.90 Å². The molecular weight excluding hydrogens is 281 g/mol. The van der Waals surface area contributed by atoms with Gasteiger partial charge in [0.2, 0.25) is 10.0 Å². The van der Waals surface area contributed by atoms with Crippen LogP contribution in [0.5, 0.6) is 5.75 Å². The van der Waals surface area contributed by atoms with E-state index >= 15 is 0 Å². The Kier molecular flexibility index (Phi) is 4.36. The lowest BCUT2D eigenvalue weighted by Crippen LogP contribution is -2.25. The molecule has 0 unspecified atom stereocenters. The largest absolute Gasteiger partial charge is 0.508 e. The molecule has 2 rings (SSSR count). The second kappa shape index (κ2) is 6.02. The molecule has 0 aliphatic rings. The van der Waals surface area contributed by atoms with Crippen LogP contribution in [0.3, 0.4) is 0 Å². The molecule has 0 heterocycles. The third kappa shape index (κ3) is 3.79. The van der Waals surface area contributed by atoms with Gasteiger partial charge in [-0.15, -0.1) is 0 Å². The topological polar surface area (TPSA) is 66.4 Å². The van der Waals surface area contributed by atoms with E-state index in [1.54, 1.807) is 24.3 Å². The molecule has 0 radical (unpaired) electrons.